The van der Waals surface area contributed by atoms with E-state index in [0.717, 1.165) is 35.2 Å². The Morgan fingerprint density at radius 3 is 2.70 bits per heavy atom. The maximum absolute atomic E-state index is 6.17. The van der Waals surface area contributed by atoms with Gasteiger partial charge in [0.05, 0.1) is 12.2 Å². The first kappa shape index (κ1) is 13.2. The monoisotopic (exact) mass is 272 g/mol. The Hall–Kier alpha value is -1.81. The number of hydrogen-bond donors (Lipinski definition) is 1. The van der Waals surface area contributed by atoms with Gasteiger partial charge >= 0.3 is 0 Å². The largest absolute Gasteiger partial charge is 0.488 e. The molecule has 20 heavy (non-hydrogen) atoms. The quantitative estimate of drug-likeness (QED) is 0.853. The van der Waals surface area contributed by atoms with Gasteiger partial charge in [-0.3, -0.25) is 4.98 Å². The van der Waals surface area contributed by atoms with Gasteiger partial charge in [0.2, 0.25) is 0 Å². The molecule has 0 bridgehead atoms. The molecule has 0 radical (unpaired) electrons. The molecular weight excluding hydrogens is 252 g/mol. The van der Waals surface area contributed by atoms with Crippen molar-refractivity contribution in [3.05, 3.63) is 30.5 Å². The van der Waals surface area contributed by atoms with Gasteiger partial charge in [-0.25, -0.2) is 0 Å². The SMILES string of the molecule is CC1CC(Oc2ccc(N)c3cccnc23)CC(C)O1. The molecule has 0 aliphatic carbocycles. The van der Waals surface area contributed by atoms with Crippen molar-refractivity contribution in [3.63, 3.8) is 0 Å². The molecule has 2 heterocycles. The lowest BCUT2D eigenvalue weighted by molar-refractivity contribution is -0.0718. The summed E-state index contributed by atoms with van der Waals surface area (Å²) in [5, 5.41) is 0.943. The fourth-order valence-electron chi connectivity index (χ4n) is 2.88. The van der Waals surface area contributed by atoms with Gasteiger partial charge in [-0.15, -0.1) is 0 Å². The Kier molecular flexibility index (Phi) is 3.49. The first-order valence-electron chi connectivity index (χ1n) is 7.09. The van der Waals surface area contributed by atoms with E-state index in [1.165, 1.54) is 0 Å². The van der Waals surface area contributed by atoms with Gasteiger partial charge in [0.25, 0.3) is 0 Å². The van der Waals surface area contributed by atoms with Crippen LogP contribution >= 0.6 is 0 Å². The molecule has 4 nitrogen and oxygen atoms in total. The van der Waals surface area contributed by atoms with E-state index in [1.54, 1.807) is 6.20 Å². The average molecular weight is 272 g/mol. The number of fused-ring (bicyclic) bond motifs is 1. The normalized spacial score (nSPS) is 26.6. The summed E-state index contributed by atoms with van der Waals surface area (Å²) in [5.41, 5.74) is 7.55. The van der Waals surface area contributed by atoms with E-state index in [4.69, 9.17) is 15.2 Å². The first-order valence-corrected chi connectivity index (χ1v) is 7.09. The van der Waals surface area contributed by atoms with Gasteiger partial charge in [0, 0.05) is 30.1 Å². The minimum absolute atomic E-state index is 0.169. The molecule has 1 aliphatic rings. The molecule has 1 aromatic carbocycles. The Labute approximate surface area is 118 Å². The molecule has 3 rings (SSSR count). The smallest absolute Gasteiger partial charge is 0.146 e. The van der Waals surface area contributed by atoms with E-state index in [9.17, 15) is 0 Å². The van der Waals surface area contributed by atoms with Crippen molar-refractivity contribution in [2.75, 3.05) is 5.73 Å². The van der Waals surface area contributed by atoms with E-state index < -0.39 is 0 Å². The Morgan fingerprint density at radius 2 is 1.95 bits per heavy atom. The number of nitrogens with two attached hydrogens (primary N) is 1. The Bertz CT molecular complexity index is 604. The molecule has 4 heteroatoms. The number of rotatable bonds is 2. The summed E-state index contributed by atoms with van der Waals surface area (Å²) in [4.78, 5) is 4.41. The highest BCUT2D eigenvalue weighted by Gasteiger charge is 2.26. The van der Waals surface area contributed by atoms with Gasteiger partial charge in [0.15, 0.2) is 0 Å². The predicted molar refractivity (Wildman–Crippen MR) is 79.8 cm³/mol. The lowest BCUT2D eigenvalue weighted by atomic mass is 10.0. The number of anilines is 1. The van der Waals surface area contributed by atoms with Crippen LogP contribution in [0.2, 0.25) is 0 Å². The molecule has 2 unspecified atom stereocenters. The highest BCUT2D eigenvalue weighted by atomic mass is 16.5. The standard InChI is InChI=1S/C16H20N2O2/c1-10-8-12(9-11(2)19-10)20-15-6-5-14(17)13-4-3-7-18-16(13)15/h3-7,10-12H,8-9,17H2,1-2H3. The molecular formula is C16H20N2O2. The molecule has 2 atom stereocenters. The fraction of sp³-hybridized carbons (Fsp3) is 0.438. The van der Waals surface area contributed by atoms with Crippen LogP contribution in [0.15, 0.2) is 30.5 Å². The molecule has 2 aromatic rings. The number of hydrogen-bond acceptors (Lipinski definition) is 4. The minimum Gasteiger partial charge on any atom is -0.488 e. The third kappa shape index (κ3) is 2.56. The Balaban J connectivity index is 1.89. The molecule has 106 valence electrons. The summed E-state index contributed by atoms with van der Waals surface area (Å²) < 4.78 is 11.9. The number of pyridine rings is 1. The highest BCUT2D eigenvalue weighted by molar-refractivity contribution is 5.94. The number of benzene rings is 1. The maximum atomic E-state index is 6.17. The van der Waals surface area contributed by atoms with Crippen LogP contribution in [0.1, 0.15) is 26.7 Å². The van der Waals surface area contributed by atoms with Crippen molar-refractivity contribution in [3.8, 4) is 5.75 Å². The molecule has 1 aromatic heterocycles. The van der Waals surface area contributed by atoms with Crippen LogP contribution < -0.4 is 10.5 Å². The number of nitrogen functional groups attached to an aromatic ring is 1. The third-order valence-corrected chi connectivity index (χ3v) is 3.71. The van der Waals surface area contributed by atoms with Gasteiger partial charge in [-0.2, -0.15) is 0 Å². The molecule has 2 N–H and O–H groups in total. The van der Waals surface area contributed by atoms with Crippen molar-refractivity contribution >= 4 is 16.6 Å². The second-order valence-electron chi connectivity index (χ2n) is 5.52. The summed E-state index contributed by atoms with van der Waals surface area (Å²) in [6.07, 6.45) is 4.21. The molecule has 0 saturated carbocycles. The second-order valence-corrected chi connectivity index (χ2v) is 5.52. The lowest BCUT2D eigenvalue weighted by Gasteiger charge is -2.32. The molecule has 0 amide bonds. The Morgan fingerprint density at radius 1 is 1.20 bits per heavy atom. The third-order valence-electron chi connectivity index (χ3n) is 3.71. The molecule has 1 aliphatic heterocycles. The topological polar surface area (TPSA) is 57.4 Å². The number of aromatic nitrogens is 1. The average Bonchev–Trinajstić information content (AvgIpc) is 2.41. The molecule has 1 fully saturated rings. The summed E-state index contributed by atoms with van der Waals surface area (Å²) in [6.45, 7) is 4.18. The zero-order valence-corrected chi connectivity index (χ0v) is 11.9. The van der Waals surface area contributed by atoms with Gasteiger partial charge < -0.3 is 15.2 Å². The van der Waals surface area contributed by atoms with Crippen molar-refractivity contribution in [2.45, 2.75) is 45.0 Å². The van der Waals surface area contributed by atoms with Crippen LogP contribution in [0.3, 0.4) is 0 Å². The first-order chi connectivity index (χ1) is 9.63. The van der Waals surface area contributed by atoms with Crippen LogP contribution in [0.4, 0.5) is 5.69 Å². The van der Waals surface area contributed by atoms with Crippen molar-refractivity contribution in [1.29, 1.82) is 0 Å². The zero-order chi connectivity index (χ0) is 14.1. The molecule has 1 saturated heterocycles. The van der Waals surface area contributed by atoms with Gasteiger partial charge in [-0.05, 0) is 38.1 Å². The number of nitrogens with zero attached hydrogens (tertiary/aromatic N) is 1. The van der Waals surface area contributed by atoms with Crippen molar-refractivity contribution in [2.24, 2.45) is 0 Å². The number of ether oxygens (including phenoxy) is 2. The van der Waals surface area contributed by atoms with Crippen molar-refractivity contribution < 1.29 is 9.47 Å². The lowest BCUT2D eigenvalue weighted by Crippen LogP contribution is -2.35. The summed E-state index contributed by atoms with van der Waals surface area (Å²) in [7, 11) is 0. The van der Waals surface area contributed by atoms with E-state index in [2.05, 4.69) is 18.8 Å². The maximum Gasteiger partial charge on any atom is 0.146 e. The van der Waals surface area contributed by atoms with Crippen LogP contribution in [0.5, 0.6) is 5.75 Å². The predicted octanol–water partition coefficient (Wildman–Crippen LogP) is 3.15. The van der Waals surface area contributed by atoms with E-state index in [0.29, 0.717) is 0 Å². The summed E-state index contributed by atoms with van der Waals surface area (Å²) in [5.74, 6) is 0.807. The van der Waals surface area contributed by atoms with Gasteiger partial charge in [-0.1, -0.05) is 0 Å². The van der Waals surface area contributed by atoms with Crippen LogP contribution in [-0.2, 0) is 4.74 Å². The van der Waals surface area contributed by atoms with E-state index in [1.807, 2.05) is 24.3 Å². The summed E-state index contributed by atoms with van der Waals surface area (Å²) in [6, 6.07) is 7.65. The van der Waals surface area contributed by atoms with E-state index in [-0.39, 0.29) is 18.3 Å². The van der Waals surface area contributed by atoms with Crippen LogP contribution in [0.25, 0.3) is 10.9 Å². The van der Waals surface area contributed by atoms with Gasteiger partial charge in [0.1, 0.15) is 17.4 Å². The fourth-order valence-corrected chi connectivity index (χ4v) is 2.88. The molecule has 0 spiro atoms. The summed E-state index contributed by atoms with van der Waals surface area (Å²) >= 11 is 0. The minimum atomic E-state index is 0.169. The van der Waals surface area contributed by atoms with Crippen LogP contribution in [-0.4, -0.2) is 23.3 Å². The van der Waals surface area contributed by atoms with E-state index >= 15 is 0 Å². The van der Waals surface area contributed by atoms with Crippen LogP contribution in [0, 0.1) is 0 Å². The second kappa shape index (κ2) is 5.29. The highest BCUT2D eigenvalue weighted by Crippen LogP contribution is 2.31. The zero-order valence-electron chi connectivity index (χ0n) is 11.9. The van der Waals surface area contributed by atoms with Crippen molar-refractivity contribution in [1.82, 2.24) is 4.98 Å².